The summed E-state index contributed by atoms with van der Waals surface area (Å²) in [4.78, 5) is 8.00. The first kappa shape index (κ1) is 15.6. The van der Waals surface area contributed by atoms with Crippen LogP contribution in [0.1, 0.15) is 16.8 Å². The summed E-state index contributed by atoms with van der Waals surface area (Å²) in [5.41, 5.74) is 13.3. The molecule has 4 N–H and O–H groups in total. The maximum Gasteiger partial charge on any atom is 0.261 e. The van der Waals surface area contributed by atoms with Crippen molar-refractivity contribution in [2.24, 2.45) is 0 Å². The fraction of sp³-hybridized carbons (Fsp3) is 0.250. The molecule has 3 rings (SSSR count). The van der Waals surface area contributed by atoms with E-state index in [0.717, 1.165) is 5.56 Å². The van der Waals surface area contributed by atoms with Crippen LogP contribution in [0.4, 0.5) is 11.8 Å². The number of benzene rings is 1. The Hall–Kier alpha value is -2.33. The van der Waals surface area contributed by atoms with E-state index in [1.54, 1.807) is 19.1 Å². The van der Waals surface area contributed by atoms with Gasteiger partial charge in [-0.2, -0.15) is 4.98 Å². The Morgan fingerprint density at radius 3 is 2.39 bits per heavy atom. The Bertz CT molecular complexity index is 767. The van der Waals surface area contributed by atoms with Gasteiger partial charge in [0.25, 0.3) is 5.79 Å². The number of nitrogen functional groups attached to an aromatic ring is 2. The lowest BCUT2D eigenvalue weighted by Crippen LogP contribution is -2.25. The molecule has 6 nitrogen and oxygen atoms in total. The van der Waals surface area contributed by atoms with Gasteiger partial charge < -0.3 is 20.9 Å². The van der Waals surface area contributed by atoms with E-state index >= 15 is 0 Å². The van der Waals surface area contributed by atoms with Crippen molar-refractivity contribution in [2.45, 2.75) is 12.7 Å². The number of ether oxygens (including phenoxy) is 2. The first-order chi connectivity index (χ1) is 11.0. The van der Waals surface area contributed by atoms with Crippen molar-refractivity contribution < 1.29 is 9.47 Å². The van der Waals surface area contributed by atoms with Crippen LogP contribution in [0.5, 0.6) is 0 Å². The SMILES string of the molecule is Cc1nc(N)nc(N)c1C#CC1(c2ccc(Cl)cc2)OCCO1. The summed E-state index contributed by atoms with van der Waals surface area (Å²) >= 11 is 5.93. The fourth-order valence-electron chi connectivity index (χ4n) is 2.31. The molecule has 1 fully saturated rings. The van der Waals surface area contributed by atoms with Crippen molar-refractivity contribution in [1.29, 1.82) is 0 Å². The van der Waals surface area contributed by atoms with Crippen LogP contribution in [0.2, 0.25) is 5.02 Å². The van der Waals surface area contributed by atoms with E-state index in [0.29, 0.717) is 29.5 Å². The van der Waals surface area contributed by atoms with Crippen LogP contribution in [0.3, 0.4) is 0 Å². The minimum atomic E-state index is -1.15. The average molecular weight is 331 g/mol. The molecule has 0 radical (unpaired) electrons. The Labute approximate surface area is 138 Å². The predicted octanol–water partition coefficient (Wildman–Crippen LogP) is 1.85. The van der Waals surface area contributed by atoms with Gasteiger partial charge in [-0.25, -0.2) is 4.98 Å². The zero-order valence-electron chi connectivity index (χ0n) is 12.5. The lowest BCUT2D eigenvalue weighted by atomic mass is 10.1. The van der Waals surface area contributed by atoms with Crippen molar-refractivity contribution in [3.63, 3.8) is 0 Å². The maximum absolute atomic E-state index is 5.93. The largest absolute Gasteiger partial charge is 0.382 e. The van der Waals surface area contributed by atoms with Gasteiger partial charge in [0.05, 0.1) is 24.5 Å². The van der Waals surface area contributed by atoms with Crippen molar-refractivity contribution in [2.75, 3.05) is 24.7 Å². The van der Waals surface area contributed by atoms with E-state index in [4.69, 9.17) is 32.5 Å². The number of anilines is 2. The predicted molar refractivity (Wildman–Crippen MR) is 87.5 cm³/mol. The Morgan fingerprint density at radius 1 is 1.13 bits per heavy atom. The first-order valence-electron chi connectivity index (χ1n) is 6.97. The molecule has 2 aromatic rings. The van der Waals surface area contributed by atoms with Crippen molar-refractivity contribution in [1.82, 2.24) is 9.97 Å². The molecule has 2 heterocycles. The number of aromatic nitrogens is 2. The third kappa shape index (κ3) is 3.08. The van der Waals surface area contributed by atoms with Gasteiger partial charge in [0.1, 0.15) is 5.82 Å². The summed E-state index contributed by atoms with van der Waals surface area (Å²) in [6.45, 7) is 2.66. The molecule has 23 heavy (non-hydrogen) atoms. The summed E-state index contributed by atoms with van der Waals surface area (Å²) in [5, 5.41) is 0.627. The second-order valence-corrected chi connectivity index (χ2v) is 5.43. The second-order valence-electron chi connectivity index (χ2n) is 5.00. The summed E-state index contributed by atoms with van der Waals surface area (Å²) in [6.07, 6.45) is 0. The monoisotopic (exact) mass is 330 g/mol. The molecule has 0 atom stereocenters. The van der Waals surface area contributed by atoms with Crippen LogP contribution in [-0.2, 0) is 15.3 Å². The van der Waals surface area contributed by atoms with Gasteiger partial charge in [-0.15, -0.1) is 0 Å². The van der Waals surface area contributed by atoms with Crippen LogP contribution >= 0.6 is 11.6 Å². The summed E-state index contributed by atoms with van der Waals surface area (Å²) < 4.78 is 11.5. The Kier molecular flexibility index (Phi) is 4.09. The molecule has 1 aliphatic rings. The van der Waals surface area contributed by atoms with Crippen LogP contribution in [0.15, 0.2) is 24.3 Å². The minimum absolute atomic E-state index is 0.117. The molecule has 7 heteroatoms. The molecule has 1 saturated heterocycles. The molecule has 0 saturated carbocycles. The molecule has 0 spiro atoms. The third-order valence-corrected chi connectivity index (χ3v) is 3.66. The number of hydrogen-bond acceptors (Lipinski definition) is 6. The Morgan fingerprint density at radius 2 is 1.78 bits per heavy atom. The lowest BCUT2D eigenvalue weighted by Gasteiger charge is -2.21. The standard InChI is InChI=1S/C16H15ClN4O2/c1-10-13(14(18)21-15(19)20-10)6-7-16(22-8-9-23-16)11-2-4-12(17)5-3-11/h2-5H,8-9H2,1H3,(H4,18,19,20,21). The quantitative estimate of drug-likeness (QED) is 0.775. The van der Waals surface area contributed by atoms with Gasteiger partial charge >= 0.3 is 0 Å². The van der Waals surface area contributed by atoms with Crippen LogP contribution in [-0.4, -0.2) is 23.2 Å². The molecule has 1 aromatic heterocycles. The minimum Gasteiger partial charge on any atom is -0.382 e. The smallest absolute Gasteiger partial charge is 0.261 e. The average Bonchev–Trinajstić information content (AvgIpc) is 2.97. The highest BCUT2D eigenvalue weighted by Crippen LogP contribution is 2.32. The van der Waals surface area contributed by atoms with Crippen LogP contribution in [0, 0.1) is 18.8 Å². The van der Waals surface area contributed by atoms with Gasteiger partial charge in [-0.05, 0) is 25.0 Å². The van der Waals surface area contributed by atoms with E-state index in [9.17, 15) is 0 Å². The number of halogens is 1. The molecule has 0 aliphatic carbocycles. The number of hydrogen-bond donors (Lipinski definition) is 2. The number of rotatable bonds is 1. The highest BCUT2D eigenvalue weighted by molar-refractivity contribution is 6.30. The van der Waals surface area contributed by atoms with Gasteiger partial charge in [-0.1, -0.05) is 29.7 Å². The molecule has 118 valence electrons. The molecule has 0 amide bonds. The highest BCUT2D eigenvalue weighted by Gasteiger charge is 2.37. The number of nitrogens with two attached hydrogens (primary N) is 2. The van der Waals surface area contributed by atoms with Gasteiger partial charge in [-0.3, -0.25) is 0 Å². The normalized spacial score (nSPS) is 15.9. The lowest BCUT2D eigenvalue weighted by molar-refractivity contribution is -0.114. The third-order valence-electron chi connectivity index (χ3n) is 3.41. The summed E-state index contributed by atoms with van der Waals surface area (Å²) in [7, 11) is 0. The van der Waals surface area contributed by atoms with Crippen molar-refractivity contribution >= 4 is 23.4 Å². The first-order valence-corrected chi connectivity index (χ1v) is 7.35. The van der Waals surface area contributed by atoms with Crippen molar-refractivity contribution in [3.8, 4) is 11.8 Å². The maximum atomic E-state index is 5.93. The van der Waals surface area contributed by atoms with E-state index in [1.807, 2.05) is 12.1 Å². The van der Waals surface area contributed by atoms with Crippen molar-refractivity contribution in [3.05, 3.63) is 46.1 Å². The molecule has 1 aromatic carbocycles. The summed E-state index contributed by atoms with van der Waals surface area (Å²) in [6, 6.07) is 7.16. The zero-order valence-corrected chi connectivity index (χ0v) is 13.2. The Balaban J connectivity index is 2.04. The van der Waals surface area contributed by atoms with E-state index < -0.39 is 5.79 Å². The van der Waals surface area contributed by atoms with E-state index in [2.05, 4.69) is 21.8 Å². The highest BCUT2D eigenvalue weighted by atomic mass is 35.5. The molecule has 1 aliphatic heterocycles. The molecule has 0 unspecified atom stereocenters. The number of aryl methyl sites for hydroxylation is 1. The summed E-state index contributed by atoms with van der Waals surface area (Å²) in [5.74, 6) is 5.17. The van der Waals surface area contributed by atoms with E-state index in [-0.39, 0.29) is 11.8 Å². The zero-order chi connectivity index (χ0) is 16.4. The van der Waals surface area contributed by atoms with Crippen LogP contribution in [0.25, 0.3) is 0 Å². The van der Waals surface area contributed by atoms with Gasteiger partial charge in [0.15, 0.2) is 0 Å². The van der Waals surface area contributed by atoms with Gasteiger partial charge in [0, 0.05) is 10.6 Å². The second kappa shape index (κ2) is 6.05. The molecular weight excluding hydrogens is 316 g/mol. The molecule has 0 bridgehead atoms. The van der Waals surface area contributed by atoms with Gasteiger partial charge in [0.2, 0.25) is 5.95 Å². The number of nitrogens with zero attached hydrogens (tertiary/aromatic N) is 2. The molecular formula is C16H15ClN4O2. The van der Waals surface area contributed by atoms with E-state index in [1.165, 1.54) is 0 Å². The topological polar surface area (TPSA) is 96.3 Å². The fourth-order valence-corrected chi connectivity index (χ4v) is 2.44. The van der Waals surface area contributed by atoms with Crippen LogP contribution < -0.4 is 11.5 Å².